The Bertz CT molecular complexity index is 550. The largest absolute Gasteiger partial charge is 0.495 e. The van der Waals surface area contributed by atoms with Crippen LogP contribution in [0.2, 0.25) is 10.0 Å². The smallest absolute Gasteiger partial charge is 0.208 e. The molecular formula is C12H18Cl2N2O3S. The predicted molar refractivity (Wildman–Crippen MR) is 82.2 cm³/mol. The molecule has 0 aliphatic carbocycles. The van der Waals surface area contributed by atoms with Gasteiger partial charge in [-0.3, -0.25) is 0 Å². The second-order valence-electron chi connectivity index (χ2n) is 4.28. The lowest BCUT2D eigenvalue weighted by molar-refractivity contribution is 0.408. The predicted octanol–water partition coefficient (Wildman–Crippen LogP) is 2.03. The molecule has 5 nitrogen and oxygen atoms in total. The number of hydrogen-bond acceptors (Lipinski definition) is 4. The Labute approximate surface area is 129 Å². The minimum absolute atomic E-state index is 0.402. The van der Waals surface area contributed by atoms with Gasteiger partial charge in [-0.1, -0.05) is 23.2 Å². The lowest BCUT2D eigenvalue weighted by atomic mass is 10.2. The molecule has 114 valence electrons. The van der Waals surface area contributed by atoms with E-state index in [1.165, 1.54) is 0 Å². The highest BCUT2D eigenvalue weighted by atomic mass is 35.5. The van der Waals surface area contributed by atoms with E-state index in [1.807, 2.05) is 0 Å². The van der Waals surface area contributed by atoms with E-state index in [-0.39, 0.29) is 0 Å². The zero-order chi connectivity index (χ0) is 15.2. The minimum atomic E-state index is -3.12. The van der Waals surface area contributed by atoms with Gasteiger partial charge in [0.1, 0.15) is 5.75 Å². The van der Waals surface area contributed by atoms with Crippen molar-refractivity contribution in [2.75, 3.05) is 26.5 Å². The molecule has 20 heavy (non-hydrogen) atoms. The Hall–Kier alpha value is -0.530. The second-order valence-corrected chi connectivity index (χ2v) is 6.95. The third-order valence-electron chi connectivity index (χ3n) is 2.50. The zero-order valence-corrected chi connectivity index (χ0v) is 13.7. The van der Waals surface area contributed by atoms with Crippen LogP contribution in [-0.4, -0.2) is 34.9 Å². The van der Waals surface area contributed by atoms with Crippen LogP contribution in [0, 0.1) is 0 Å². The Morgan fingerprint density at radius 1 is 1.25 bits per heavy atom. The monoisotopic (exact) mass is 340 g/mol. The summed E-state index contributed by atoms with van der Waals surface area (Å²) in [6, 6.07) is 3.41. The van der Waals surface area contributed by atoms with Crippen LogP contribution in [0.4, 0.5) is 0 Å². The van der Waals surface area contributed by atoms with E-state index in [0.29, 0.717) is 41.8 Å². The summed E-state index contributed by atoms with van der Waals surface area (Å²) in [5, 5.41) is 4.20. The van der Waals surface area contributed by atoms with E-state index in [0.717, 1.165) is 11.8 Å². The summed E-state index contributed by atoms with van der Waals surface area (Å²) in [5.41, 5.74) is 0.862. The van der Waals surface area contributed by atoms with Crippen LogP contribution in [0.25, 0.3) is 0 Å². The van der Waals surface area contributed by atoms with Crippen molar-refractivity contribution < 1.29 is 13.2 Å². The standard InChI is InChI=1S/C12H18Cl2N2O3S/c1-19-12-9(6-10(13)7-11(12)14)8-15-4-3-5-16-20(2,17)18/h6-7,15-16H,3-5,8H2,1-2H3. The Morgan fingerprint density at radius 3 is 2.55 bits per heavy atom. The fourth-order valence-electron chi connectivity index (χ4n) is 1.67. The van der Waals surface area contributed by atoms with Crippen LogP contribution in [0.5, 0.6) is 5.75 Å². The molecule has 0 saturated heterocycles. The van der Waals surface area contributed by atoms with Gasteiger partial charge in [-0.15, -0.1) is 0 Å². The lowest BCUT2D eigenvalue weighted by Crippen LogP contribution is -2.26. The molecule has 1 rings (SSSR count). The summed E-state index contributed by atoms with van der Waals surface area (Å²) in [4.78, 5) is 0. The van der Waals surface area contributed by atoms with Gasteiger partial charge in [0.2, 0.25) is 10.0 Å². The summed E-state index contributed by atoms with van der Waals surface area (Å²) in [5.74, 6) is 0.595. The first-order chi connectivity index (χ1) is 9.33. The maximum Gasteiger partial charge on any atom is 0.208 e. The van der Waals surface area contributed by atoms with Crippen molar-refractivity contribution in [2.24, 2.45) is 0 Å². The number of halogens is 2. The number of methoxy groups -OCH3 is 1. The van der Waals surface area contributed by atoms with Crippen LogP contribution in [0.1, 0.15) is 12.0 Å². The van der Waals surface area contributed by atoms with Gasteiger partial charge in [-0.25, -0.2) is 13.1 Å². The molecule has 1 aromatic rings. The summed E-state index contributed by atoms with van der Waals surface area (Å²) < 4.78 is 29.4. The van der Waals surface area contributed by atoms with Crippen molar-refractivity contribution in [3.8, 4) is 5.75 Å². The fourth-order valence-corrected chi connectivity index (χ4v) is 2.80. The van der Waals surface area contributed by atoms with Crippen LogP contribution in [0.15, 0.2) is 12.1 Å². The molecule has 0 fully saturated rings. The number of rotatable bonds is 8. The Kier molecular flexibility index (Phi) is 7.05. The Morgan fingerprint density at radius 2 is 1.95 bits per heavy atom. The quantitative estimate of drug-likeness (QED) is 0.710. The topological polar surface area (TPSA) is 67.4 Å². The zero-order valence-electron chi connectivity index (χ0n) is 11.4. The van der Waals surface area contributed by atoms with Crippen molar-refractivity contribution in [3.05, 3.63) is 27.7 Å². The summed E-state index contributed by atoms with van der Waals surface area (Å²) >= 11 is 12.0. The molecule has 0 amide bonds. The number of nitrogens with one attached hydrogen (secondary N) is 2. The van der Waals surface area contributed by atoms with Crippen molar-refractivity contribution in [1.29, 1.82) is 0 Å². The van der Waals surface area contributed by atoms with Crippen molar-refractivity contribution in [2.45, 2.75) is 13.0 Å². The Balaban J connectivity index is 2.42. The molecule has 2 N–H and O–H groups in total. The highest BCUT2D eigenvalue weighted by molar-refractivity contribution is 7.88. The normalized spacial score (nSPS) is 11.6. The van der Waals surface area contributed by atoms with Crippen molar-refractivity contribution in [1.82, 2.24) is 10.0 Å². The first-order valence-electron chi connectivity index (χ1n) is 6.00. The van der Waals surface area contributed by atoms with Gasteiger partial charge >= 0.3 is 0 Å². The molecule has 0 radical (unpaired) electrons. The van der Waals surface area contributed by atoms with Gasteiger partial charge < -0.3 is 10.1 Å². The molecule has 0 unspecified atom stereocenters. The number of sulfonamides is 1. The molecular weight excluding hydrogens is 323 g/mol. The van der Waals surface area contributed by atoms with Gasteiger partial charge in [0, 0.05) is 23.7 Å². The molecule has 8 heteroatoms. The molecule has 0 saturated carbocycles. The SMILES string of the molecule is COc1c(Cl)cc(Cl)cc1CNCCCNS(C)(=O)=O. The second kappa shape index (κ2) is 8.05. The molecule has 0 spiro atoms. The first kappa shape index (κ1) is 17.5. The average molecular weight is 341 g/mol. The molecule has 0 heterocycles. The molecule has 1 aromatic carbocycles. The van der Waals surface area contributed by atoms with E-state index >= 15 is 0 Å². The van der Waals surface area contributed by atoms with Crippen LogP contribution in [0.3, 0.4) is 0 Å². The third-order valence-corrected chi connectivity index (χ3v) is 3.73. The molecule has 0 atom stereocenters. The fraction of sp³-hybridized carbons (Fsp3) is 0.500. The van der Waals surface area contributed by atoms with Crippen molar-refractivity contribution >= 4 is 33.2 Å². The van der Waals surface area contributed by atoms with E-state index in [9.17, 15) is 8.42 Å². The van der Waals surface area contributed by atoms with Gasteiger partial charge in [0.15, 0.2) is 0 Å². The van der Waals surface area contributed by atoms with E-state index in [2.05, 4.69) is 10.0 Å². The highest BCUT2D eigenvalue weighted by Crippen LogP contribution is 2.31. The van der Waals surface area contributed by atoms with Crippen LogP contribution in [-0.2, 0) is 16.6 Å². The van der Waals surface area contributed by atoms with Crippen LogP contribution < -0.4 is 14.8 Å². The highest BCUT2D eigenvalue weighted by Gasteiger charge is 2.09. The number of benzene rings is 1. The maximum absolute atomic E-state index is 10.9. The van der Waals surface area contributed by atoms with Crippen LogP contribution >= 0.6 is 23.2 Å². The third kappa shape index (κ3) is 6.28. The number of hydrogen-bond donors (Lipinski definition) is 2. The van der Waals surface area contributed by atoms with E-state index in [4.69, 9.17) is 27.9 Å². The molecule has 0 aromatic heterocycles. The van der Waals surface area contributed by atoms with Gasteiger partial charge in [-0.05, 0) is 25.1 Å². The van der Waals surface area contributed by atoms with E-state index < -0.39 is 10.0 Å². The average Bonchev–Trinajstić information content (AvgIpc) is 2.31. The summed E-state index contributed by atoms with van der Waals surface area (Å²) in [6.45, 7) is 1.61. The van der Waals surface area contributed by atoms with Gasteiger partial charge in [0.05, 0.1) is 18.4 Å². The first-order valence-corrected chi connectivity index (χ1v) is 8.65. The lowest BCUT2D eigenvalue weighted by Gasteiger charge is -2.12. The van der Waals surface area contributed by atoms with E-state index in [1.54, 1.807) is 19.2 Å². The van der Waals surface area contributed by atoms with Crippen molar-refractivity contribution in [3.63, 3.8) is 0 Å². The maximum atomic E-state index is 10.9. The molecule has 0 aliphatic rings. The van der Waals surface area contributed by atoms with Gasteiger partial charge in [-0.2, -0.15) is 0 Å². The van der Waals surface area contributed by atoms with Gasteiger partial charge in [0.25, 0.3) is 0 Å². The summed E-state index contributed by atoms with van der Waals surface area (Å²) in [6.07, 6.45) is 1.82. The number of ether oxygens (including phenoxy) is 1. The molecule has 0 bridgehead atoms. The molecule has 0 aliphatic heterocycles. The minimum Gasteiger partial charge on any atom is -0.495 e. The summed E-state index contributed by atoms with van der Waals surface area (Å²) in [7, 11) is -1.57.